The lowest BCUT2D eigenvalue weighted by Gasteiger charge is -2.28. The number of nitrogens with one attached hydrogen (secondary N) is 2. The van der Waals surface area contributed by atoms with Crippen molar-refractivity contribution >= 4 is 5.96 Å². The highest BCUT2D eigenvalue weighted by molar-refractivity contribution is 5.79. The average molecular weight is 363 g/mol. The summed E-state index contributed by atoms with van der Waals surface area (Å²) in [5.41, 5.74) is 2.32. The third-order valence-corrected chi connectivity index (χ3v) is 4.87. The molecule has 0 radical (unpaired) electrons. The molecule has 26 heavy (non-hydrogen) atoms. The molecule has 0 aliphatic carbocycles. The Balaban J connectivity index is 1.70. The minimum Gasteiger partial charge on any atom is -0.357 e. The summed E-state index contributed by atoms with van der Waals surface area (Å²) >= 11 is 0. The van der Waals surface area contributed by atoms with Crippen LogP contribution >= 0.6 is 0 Å². The summed E-state index contributed by atoms with van der Waals surface area (Å²) in [6.07, 6.45) is 5.15. The first kappa shape index (κ1) is 20.7. The van der Waals surface area contributed by atoms with Crippen LogP contribution in [0.25, 0.3) is 0 Å². The zero-order valence-corrected chi connectivity index (χ0v) is 17.2. The molecule has 1 saturated heterocycles. The van der Waals surface area contributed by atoms with E-state index >= 15 is 0 Å². The summed E-state index contributed by atoms with van der Waals surface area (Å²) in [5.74, 6) is 1.53. The van der Waals surface area contributed by atoms with Crippen molar-refractivity contribution in [2.75, 3.05) is 39.3 Å². The van der Waals surface area contributed by atoms with E-state index in [0.29, 0.717) is 5.92 Å². The number of rotatable bonds is 9. The highest BCUT2D eigenvalue weighted by Gasteiger charge is 2.13. The van der Waals surface area contributed by atoms with Gasteiger partial charge in [0.1, 0.15) is 0 Å². The minimum absolute atomic E-state index is 0.596. The average Bonchev–Trinajstić information content (AvgIpc) is 2.94. The fourth-order valence-electron chi connectivity index (χ4n) is 3.57. The first-order valence-electron chi connectivity index (χ1n) is 10.3. The van der Waals surface area contributed by atoms with Gasteiger partial charge < -0.3 is 15.5 Å². The van der Waals surface area contributed by atoms with E-state index in [9.17, 15) is 0 Å². The van der Waals surface area contributed by atoms with Gasteiger partial charge in [0.2, 0.25) is 0 Å². The Morgan fingerprint density at radius 1 is 1.23 bits per heavy atom. The number of aryl methyl sites for hydroxylation is 3. The number of hydrogen-bond acceptors (Lipinski definition) is 3. The van der Waals surface area contributed by atoms with Crippen LogP contribution in [0.2, 0.25) is 0 Å². The van der Waals surface area contributed by atoms with Gasteiger partial charge in [0, 0.05) is 38.4 Å². The lowest BCUT2D eigenvalue weighted by atomic mass is 10.1. The van der Waals surface area contributed by atoms with E-state index in [4.69, 9.17) is 4.99 Å². The molecule has 0 saturated carbocycles. The summed E-state index contributed by atoms with van der Waals surface area (Å²) in [6.45, 7) is 15.9. The summed E-state index contributed by atoms with van der Waals surface area (Å²) in [7, 11) is 0. The van der Waals surface area contributed by atoms with Crippen molar-refractivity contribution in [2.45, 2.75) is 59.9 Å². The zero-order chi connectivity index (χ0) is 18.8. The predicted molar refractivity (Wildman–Crippen MR) is 110 cm³/mol. The molecule has 148 valence electrons. The maximum atomic E-state index is 4.79. The molecule has 1 aromatic rings. The molecule has 6 heteroatoms. The van der Waals surface area contributed by atoms with Crippen LogP contribution in [-0.4, -0.2) is 59.9 Å². The van der Waals surface area contributed by atoms with Gasteiger partial charge in [-0.05, 0) is 65.1 Å². The second-order valence-corrected chi connectivity index (χ2v) is 7.62. The monoisotopic (exact) mass is 362 g/mol. The van der Waals surface area contributed by atoms with Crippen LogP contribution in [0.1, 0.15) is 50.9 Å². The summed E-state index contributed by atoms with van der Waals surface area (Å²) in [5, 5.41) is 11.3. The number of aromatic nitrogens is 2. The quantitative estimate of drug-likeness (QED) is 0.403. The van der Waals surface area contributed by atoms with Crippen LogP contribution < -0.4 is 10.6 Å². The number of nitrogens with zero attached hydrogens (tertiary/aromatic N) is 4. The lowest BCUT2D eigenvalue weighted by Crippen LogP contribution is -2.39. The molecule has 2 rings (SSSR count). The molecular formula is C20H38N6. The summed E-state index contributed by atoms with van der Waals surface area (Å²) < 4.78 is 2.09. The van der Waals surface area contributed by atoms with Crippen molar-refractivity contribution in [1.82, 2.24) is 25.3 Å². The van der Waals surface area contributed by atoms with E-state index in [0.717, 1.165) is 44.3 Å². The van der Waals surface area contributed by atoms with Crippen molar-refractivity contribution in [3.05, 3.63) is 17.5 Å². The molecule has 2 heterocycles. The van der Waals surface area contributed by atoms with E-state index < -0.39 is 0 Å². The Labute approximate surface area is 159 Å². The fraction of sp³-hybridized carbons (Fsp3) is 0.800. The maximum absolute atomic E-state index is 4.79. The standard InChI is InChI=1S/C20H38N6/c1-5-21-20(22-10-9-13-26-19(4)14-18(3)24-26)23-15-17(2)16-25-11-7-6-8-12-25/h14,17H,5-13,15-16H2,1-4H3,(H2,21,22,23). The molecule has 1 fully saturated rings. The molecular weight excluding hydrogens is 324 g/mol. The van der Waals surface area contributed by atoms with Crippen molar-refractivity contribution in [3.8, 4) is 0 Å². The molecule has 6 nitrogen and oxygen atoms in total. The molecule has 0 bridgehead atoms. The van der Waals surface area contributed by atoms with Gasteiger partial charge in [0.15, 0.2) is 5.96 Å². The smallest absolute Gasteiger partial charge is 0.191 e. The largest absolute Gasteiger partial charge is 0.357 e. The fourth-order valence-corrected chi connectivity index (χ4v) is 3.57. The van der Waals surface area contributed by atoms with Crippen LogP contribution in [0.3, 0.4) is 0 Å². The molecule has 1 aliphatic rings. The Bertz CT molecular complexity index is 544. The third kappa shape index (κ3) is 7.36. The van der Waals surface area contributed by atoms with Gasteiger partial charge >= 0.3 is 0 Å². The van der Waals surface area contributed by atoms with Crippen molar-refractivity contribution in [3.63, 3.8) is 0 Å². The van der Waals surface area contributed by atoms with E-state index in [1.165, 1.54) is 44.6 Å². The Morgan fingerprint density at radius 3 is 2.65 bits per heavy atom. The molecule has 1 unspecified atom stereocenters. The Morgan fingerprint density at radius 2 is 2.00 bits per heavy atom. The van der Waals surface area contributed by atoms with Gasteiger partial charge in [0.05, 0.1) is 5.69 Å². The Kier molecular flexibility index (Phi) is 8.95. The maximum Gasteiger partial charge on any atom is 0.191 e. The Hall–Kier alpha value is -1.56. The van der Waals surface area contributed by atoms with Crippen LogP contribution in [-0.2, 0) is 6.54 Å². The summed E-state index contributed by atoms with van der Waals surface area (Å²) in [6, 6.07) is 2.13. The van der Waals surface area contributed by atoms with Gasteiger partial charge in [-0.15, -0.1) is 0 Å². The topological polar surface area (TPSA) is 57.5 Å². The van der Waals surface area contributed by atoms with E-state index in [1.807, 2.05) is 6.92 Å². The molecule has 0 aromatic carbocycles. The van der Waals surface area contributed by atoms with Crippen LogP contribution in [0, 0.1) is 19.8 Å². The molecule has 0 spiro atoms. The first-order chi connectivity index (χ1) is 12.6. The van der Waals surface area contributed by atoms with Crippen molar-refractivity contribution < 1.29 is 0 Å². The normalized spacial score (nSPS) is 17.3. The van der Waals surface area contributed by atoms with Crippen molar-refractivity contribution in [2.24, 2.45) is 10.9 Å². The number of likely N-dealkylation sites (tertiary alicyclic amines) is 1. The van der Waals surface area contributed by atoms with Gasteiger partial charge in [-0.2, -0.15) is 5.10 Å². The number of piperidine rings is 1. The lowest BCUT2D eigenvalue weighted by molar-refractivity contribution is 0.203. The molecule has 1 aliphatic heterocycles. The number of hydrogen-bond donors (Lipinski definition) is 2. The van der Waals surface area contributed by atoms with Crippen molar-refractivity contribution in [1.29, 1.82) is 0 Å². The zero-order valence-electron chi connectivity index (χ0n) is 17.2. The molecule has 1 atom stereocenters. The van der Waals surface area contributed by atoms with Gasteiger partial charge in [-0.3, -0.25) is 9.67 Å². The highest BCUT2D eigenvalue weighted by Crippen LogP contribution is 2.11. The van der Waals surface area contributed by atoms with Gasteiger partial charge in [-0.1, -0.05) is 13.3 Å². The number of guanidine groups is 1. The van der Waals surface area contributed by atoms with Crippen LogP contribution in [0.4, 0.5) is 0 Å². The van der Waals surface area contributed by atoms with E-state index in [2.05, 4.69) is 52.2 Å². The first-order valence-corrected chi connectivity index (χ1v) is 10.3. The second kappa shape index (κ2) is 11.2. The summed E-state index contributed by atoms with van der Waals surface area (Å²) in [4.78, 5) is 7.39. The highest BCUT2D eigenvalue weighted by atomic mass is 15.3. The molecule has 0 amide bonds. The van der Waals surface area contributed by atoms with Gasteiger partial charge in [0.25, 0.3) is 0 Å². The SMILES string of the molecule is CCNC(=NCC(C)CN1CCCCC1)NCCCn1nc(C)cc1C. The minimum atomic E-state index is 0.596. The van der Waals surface area contributed by atoms with Crippen LogP contribution in [0.15, 0.2) is 11.1 Å². The van der Waals surface area contributed by atoms with Gasteiger partial charge in [-0.25, -0.2) is 0 Å². The third-order valence-electron chi connectivity index (χ3n) is 4.87. The molecule has 1 aromatic heterocycles. The number of aliphatic imine (C=N–C) groups is 1. The second-order valence-electron chi connectivity index (χ2n) is 7.62. The van der Waals surface area contributed by atoms with Crippen LogP contribution in [0.5, 0.6) is 0 Å². The predicted octanol–water partition coefficient (Wildman–Crippen LogP) is 2.57. The molecule has 2 N–H and O–H groups in total. The van der Waals surface area contributed by atoms with E-state index in [-0.39, 0.29) is 0 Å². The van der Waals surface area contributed by atoms with E-state index in [1.54, 1.807) is 0 Å².